The molecule has 31 heavy (non-hydrogen) atoms. The minimum atomic E-state index is -0.186. The first kappa shape index (κ1) is 24.1. The van der Waals surface area contributed by atoms with Crippen molar-refractivity contribution in [2.24, 2.45) is 10.5 Å². The Bertz CT molecular complexity index is 1170. The van der Waals surface area contributed by atoms with Crippen LogP contribution in [0.3, 0.4) is 0 Å². The van der Waals surface area contributed by atoms with Gasteiger partial charge in [-0.25, -0.2) is 4.98 Å². The van der Waals surface area contributed by atoms with E-state index in [1.807, 2.05) is 24.3 Å². The van der Waals surface area contributed by atoms with Crippen LogP contribution in [0, 0.1) is 5.41 Å². The van der Waals surface area contributed by atoms with E-state index >= 15 is 0 Å². The zero-order valence-corrected chi connectivity index (χ0v) is 22.6. The van der Waals surface area contributed by atoms with E-state index in [1.165, 1.54) is 4.68 Å². The van der Waals surface area contributed by atoms with E-state index in [1.54, 1.807) is 12.3 Å². The Hall–Kier alpha value is -1.51. The molecule has 0 saturated carbocycles. The Kier molecular flexibility index (Phi) is 7.76. The van der Waals surface area contributed by atoms with Crippen molar-refractivity contribution < 1.29 is 4.74 Å². The average molecular weight is 614 g/mol. The Balaban J connectivity index is 2.00. The van der Waals surface area contributed by atoms with Gasteiger partial charge in [0.2, 0.25) is 0 Å². The van der Waals surface area contributed by atoms with Gasteiger partial charge in [-0.3, -0.25) is 4.79 Å². The van der Waals surface area contributed by atoms with Crippen LogP contribution in [0.15, 0.2) is 53.6 Å². The van der Waals surface area contributed by atoms with Crippen LogP contribution in [0.25, 0.3) is 10.9 Å². The predicted molar refractivity (Wildman–Crippen MR) is 137 cm³/mol. The minimum Gasteiger partial charge on any atom is -0.491 e. The van der Waals surface area contributed by atoms with Crippen molar-refractivity contribution in [1.82, 2.24) is 9.66 Å². The molecule has 1 heterocycles. The van der Waals surface area contributed by atoms with Crippen molar-refractivity contribution in [2.75, 3.05) is 6.61 Å². The molecule has 0 aliphatic heterocycles. The van der Waals surface area contributed by atoms with Crippen molar-refractivity contribution in [3.8, 4) is 5.75 Å². The Morgan fingerprint density at radius 2 is 1.81 bits per heavy atom. The van der Waals surface area contributed by atoms with E-state index < -0.39 is 0 Å². The average Bonchev–Trinajstić information content (AvgIpc) is 2.67. The second-order valence-electron chi connectivity index (χ2n) is 8.46. The lowest BCUT2D eigenvalue weighted by Crippen LogP contribution is -2.22. The van der Waals surface area contributed by atoms with Crippen LogP contribution < -0.4 is 10.3 Å². The number of aromatic nitrogens is 2. The van der Waals surface area contributed by atoms with E-state index in [2.05, 4.69) is 85.6 Å². The van der Waals surface area contributed by atoms with Crippen molar-refractivity contribution in [1.29, 1.82) is 0 Å². The highest BCUT2D eigenvalue weighted by Crippen LogP contribution is 2.35. The summed E-state index contributed by atoms with van der Waals surface area (Å²) >= 11 is 10.6. The molecule has 0 unspecified atom stereocenters. The quantitative estimate of drug-likeness (QED) is 0.283. The molecule has 8 heteroatoms. The van der Waals surface area contributed by atoms with Crippen molar-refractivity contribution in [3.63, 3.8) is 0 Å². The van der Waals surface area contributed by atoms with Crippen molar-refractivity contribution >= 4 is 64.9 Å². The summed E-state index contributed by atoms with van der Waals surface area (Å²) in [7, 11) is 0. The van der Waals surface area contributed by atoms with Crippen LogP contribution in [0.5, 0.6) is 5.75 Å². The Morgan fingerprint density at radius 1 is 1.13 bits per heavy atom. The Morgan fingerprint density at radius 3 is 2.42 bits per heavy atom. The molecular weight excluding hydrogens is 590 g/mol. The fraction of sp³-hybridized carbons (Fsp3) is 0.348. The maximum atomic E-state index is 13.1. The van der Waals surface area contributed by atoms with Crippen LogP contribution in [0.4, 0.5) is 0 Å². The number of hydrogen-bond acceptors (Lipinski definition) is 4. The molecule has 0 radical (unpaired) electrons. The number of halogens is 3. The van der Waals surface area contributed by atoms with E-state index in [4.69, 9.17) is 4.74 Å². The van der Waals surface area contributed by atoms with Crippen LogP contribution in [-0.4, -0.2) is 22.5 Å². The first-order valence-electron chi connectivity index (χ1n) is 9.96. The summed E-state index contributed by atoms with van der Waals surface area (Å²) in [5.41, 5.74) is 1.36. The molecule has 3 rings (SSSR count). The number of aryl methyl sites for hydroxylation is 1. The molecule has 0 aliphatic rings. The lowest BCUT2D eigenvalue weighted by molar-refractivity contribution is 0.196. The van der Waals surface area contributed by atoms with E-state index in [0.717, 1.165) is 31.2 Å². The first-order valence-corrected chi connectivity index (χ1v) is 12.3. The summed E-state index contributed by atoms with van der Waals surface area (Å²) in [6.45, 7) is 9.01. The van der Waals surface area contributed by atoms with Crippen molar-refractivity contribution in [2.45, 2.75) is 40.5 Å². The highest BCUT2D eigenvalue weighted by molar-refractivity contribution is 9.11. The van der Waals surface area contributed by atoms with Crippen LogP contribution in [-0.2, 0) is 6.42 Å². The molecule has 0 amide bonds. The third-order valence-corrected chi connectivity index (χ3v) is 6.01. The molecule has 0 aliphatic carbocycles. The van der Waals surface area contributed by atoms with Gasteiger partial charge >= 0.3 is 0 Å². The second-order valence-corrected chi connectivity index (χ2v) is 11.1. The van der Waals surface area contributed by atoms with Gasteiger partial charge in [-0.1, -0.05) is 43.6 Å². The topological polar surface area (TPSA) is 56.5 Å². The number of benzene rings is 2. The largest absolute Gasteiger partial charge is 0.491 e. The van der Waals surface area contributed by atoms with Gasteiger partial charge in [-0.2, -0.15) is 9.78 Å². The molecule has 3 aromatic rings. The third kappa shape index (κ3) is 6.05. The molecule has 5 nitrogen and oxygen atoms in total. The molecule has 2 aromatic carbocycles. The molecule has 164 valence electrons. The van der Waals surface area contributed by atoms with Gasteiger partial charge in [0.05, 0.1) is 32.7 Å². The van der Waals surface area contributed by atoms with Gasteiger partial charge in [0.25, 0.3) is 5.56 Å². The molecule has 0 atom stereocenters. The molecule has 0 bridgehead atoms. The van der Waals surface area contributed by atoms with Gasteiger partial charge in [0.1, 0.15) is 11.6 Å². The third-order valence-electron chi connectivity index (χ3n) is 4.34. The monoisotopic (exact) mass is 611 g/mol. The highest BCUT2D eigenvalue weighted by Gasteiger charge is 2.15. The number of hydrogen-bond donors (Lipinski definition) is 0. The van der Waals surface area contributed by atoms with Gasteiger partial charge in [0, 0.05) is 10.9 Å². The SMILES string of the molecule is CCCc1nc2ccc(Br)cc2c(=O)n1N=Cc1cc(Br)c(OCC(C)(C)C)c(Br)c1. The smallest absolute Gasteiger partial charge is 0.282 e. The fourth-order valence-corrected chi connectivity index (χ4v) is 4.72. The lowest BCUT2D eigenvalue weighted by atomic mass is 9.99. The standard InChI is InChI=1S/C23H24Br3N3O2/c1-5-6-20-28-19-8-7-15(24)11-16(19)22(30)29(20)27-12-14-9-17(25)21(18(26)10-14)31-13-23(2,3)4/h7-12H,5-6,13H2,1-4H3. The van der Waals surface area contributed by atoms with Crippen LogP contribution >= 0.6 is 47.8 Å². The van der Waals surface area contributed by atoms with E-state index in [-0.39, 0.29) is 11.0 Å². The highest BCUT2D eigenvalue weighted by atomic mass is 79.9. The normalized spacial score (nSPS) is 12.1. The molecule has 0 N–H and O–H groups in total. The maximum Gasteiger partial charge on any atom is 0.282 e. The minimum absolute atomic E-state index is 0.0495. The maximum absolute atomic E-state index is 13.1. The first-order chi connectivity index (χ1) is 14.6. The van der Waals surface area contributed by atoms with Gasteiger partial charge in [-0.05, 0) is 79.6 Å². The molecule has 1 aromatic heterocycles. The van der Waals surface area contributed by atoms with Gasteiger partial charge in [-0.15, -0.1) is 0 Å². The zero-order chi connectivity index (χ0) is 22.8. The molecule has 0 spiro atoms. The molecule has 0 fully saturated rings. The lowest BCUT2D eigenvalue weighted by Gasteiger charge is -2.20. The fourth-order valence-electron chi connectivity index (χ4n) is 2.90. The summed E-state index contributed by atoms with van der Waals surface area (Å²) in [6, 6.07) is 9.35. The van der Waals surface area contributed by atoms with Crippen LogP contribution in [0.2, 0.25) is 0 Å². The molecule has 0 saturated heterocycles. The van der Waals surface area contributed by atoms with Crippen LogP contribution in [0.1, 0.15) is 45.5 Å². The number of nitrogens with zero attached hydrogens (tertiary/aromatic N) is 3. The summed E-state index contributed by atoms with van der Waals surface area (Å²) < 4.78 is 9.82. The van der Waals surface area contributed by atoms with Crippen molar-refractivity contribution in [3.05, 3.63) is 65.5 Å². The summed E-state index contributed by atoms with van der Waals surface area (Å²) in [6.07, 6.45) is 3.18. The number of rotatable bonds is 6. The summed E-state index contributed by atoms with van der Waals surface area (Å²) in [5, 5.41) is 5.02. The zero-order valence-electron chi connectivity index (χ0n) is 17.9. The van der Waals surface area contributed by atoms with Gasteiger partial charge in [0.15, 0.2) is 0 Å². The predicted octanol–water partition coefficient (Wildman–Crippen LogP) is 6.94. The summed E-state index contributed by atoms with van der Waals surface area (Å²) in [5.74, 6) is 1.38. The Labute approximate surface area is 207 Å². The number of ether oxygens (including phenoxy) is 1. The van der Waals surface area contributed by atoms with Gasteiger partial charge < -0.3 is 4.74 Å². The molecular formula is C23H24Br3N3O2. The van der Waals surface area contributed by atoms with E-state index in [0.29, 0.717) is 29.8 Å². The summed E-state index contributed by atoms with van der Waals surface area (Å²) in [4.78, 5) is 17.8. The van der Waals surface area contributed by atoms with E-state index in [9.17, 15) is 4.79 Å². The second kappa shape index (κ2) is 9.96. The number of fused-ring (bicyclic) bond motifs is 1.